The number of phenols is 2. The molecule has 1 aromatic carbocycles. The van der Waals surface area contributed by atoms with Gasteiger partial charge in [0.15, 0.2) is 11.6 Å². The summed E-state index contributed by atoms with van der Waals surface area (Å²) >= 11 is 0. The minimum absolute atomic E-state index is 0.117. The van der Waals surface area contributed by atoms with Gasteiger partial charge in [-0.1, -0.05) is 52.0 Å². The predicted octanol–water partition coefficient (Wildman–Crippen LogP) is 2.03. The Morgan fingerprint density at radius 3 is 1.77 bits per heavy atom. The third kappa shape index (κ3) is 7.31. The number of benzene rings is 1. The second-order valence-electron chi connectivity index (χ2n) is 12.8. The standard InChI is InChI=1S/C35H45NO11/c1-14-9-8-10-15(2)35(47)36-22-12-23(38)24-25(32(44)20(7)33(45)26(24)34(22)46)28(40)16(3)11-21(13-37)31(43)19(6)30(42)18(5)29(41)17(4)27(14)39/h8-12,14,17-19,21,27,29-31,37,39,41-45H,13H2,1-7H3,(H,36,47)/b9-8+,15-10-,16-11-. The Labute approximate surface area is 273 Å². The number of rotatable bonds is 1. The first-order chi connectivity index (χ1) is 21.9. The molecule has 8 N–H and O–H groups in total. The van der Waals surface area contributed by atoms with E-state index in [1.54, 1.807) is 26.8 Å². The maximum atomic E-state index is 13.8. The Morgan fingerprint density at radius 2 is 1.21 bits per heavy atom. The average molecular weight is 656 g/mol. The predicted molar refractivity (Wildman–Crippen MR) is 172 cm³/mol. The number of carbonyl (C=O) groups is 4. The number of aromatic hydroxyl groups is 2. The summed E-state index contributed by atoms with van der Waals surface area (Å²) < 4.78 is 0. The molecule has 2 aliphatic heterocycles. The van der Waals surface area contributed by atoms with Gasteiger partial charge in [0, 0.05) is 46.8 Å². The number of hydrogen-bond acceptors (Lipinski definition) is 11. The lowest BCUT2D eigenvalue weighted by Crippen LogP contribution is -2.46. The van der Waals surface area contributed by atoms with Crippen molar-refractivity contribution < 1.29 is 54.9 Å². The van der Waals surface area contributed by atoms with Gasteiger partial charge in [0.25, 0.3) is 5.91 Å². The van der Waals surface area contributed by atoms with Gasteiger partial charge in [-0.3, -0.25) is 19.2 Å². The SMILES string of the molecule is C/C1=C/C=C/C(C)C(O)C(C)C(O)C(C)C(O)C(C)C(O)C(CO)/C=C(/C)C(=O)c2c(O)c(C)c(O)c3c2C(=O)C=C(NC1=O)C3=O. The highest BCUT2D eigenvalue weighted by Crippen LogP contribution is 2.41. The fourth-order valence-electron chi connectivity index (χ4n) is 6.11. The van der Waals surface area contributed by atoms with Crippen LogP contribution in [0.1, 0.15) is 78.2 Å². The average Bonchev–Trinajstić information content (AvgIpc) is 3.04. The Bertz CT molecular complexity index is 1570. The van der Waals surface area contributed by atoms with Gasteiger partial charge in [-0.25, -0.2) is 0 Å². The molecule has 12 nitrogen and oxygen atoms in total. The molecule has 9 unspecified atom stereocenters. The summed E-state index contributed by atoms with van der Waals surface area (Å²) in [6, 6.07) is 0. The number of aliphatic hydroxyl groups excluding tert-OH is 5. The van der Waals surface area contributed by atoms with Gasteiger partial charge in [0.1, 0.15) is 11.5 Å². The number of hydrogen-bond donors (Lipinski definition) is 8. The van der Waals surface area contributed by atoms with E-state index in [4.69, 9.17) is 0 Å². The molecule has 9 atom stereocenters. The van der Waals surface area contributed by atoms with E-state index in [-0.39, 0.29) is 16.7 Å². The Morgan fingerprint density at radius 1 is 0.702 bits per heavy atom. The minimum Gasteiger partial charge on any atom is -0.507 e. The molecule has 0 spiro atoms. The van der Waals surface area contributed by atoms with Crippen LogP contribution < -0.4 is 5.32 Å². The van der Waals surface area contributed by atoms with E-state index >= 15 is 0 Å². The molecule has 256 valence electrons. The molecule has 1 aromatic rings. The molecule has 47 heavy (non-hydrogen) atoms. The first-order valence-electron chi connectivity index (χ1n) is 15.5. The van der Waals surface area contributed by atoms with Gasteiger partial charge in [-0.2, -0.15) is 0 Å². The number of Topliss-reactive ketones (excluding diaryl/α,β-unsaturated/α-hetero) is 2. The molecule has 0 saturated heterocycles. The Balaban J connectivity index is 2.23. The molecule has 2 heterocycles. The van der Waals surface area contributed by atoms with E-state index in [2.05, 4.69) is 5.32 Å². The molecule has 1 amide bonds. The lowest BCUT2D eigenvalue weighted by molar-refractivity contribution is -0.116. The molecule has 1 aliphatic carbocycles. The molecule has 0 fully saturated rings. The van der Waals surface area contributed by atoms with Crippen molar-refractivity contribution >= 4 is 23.3 Å². The quantitative estimate of drug-likeness (QED) is 0.219. The smallest absolute Gasteiger partial charge is 0.251 e. The van der Waals surface area contributed by atoms with Gasteiger partial charge >= 0.3 is 0 Å². The van der Waals surface area contributed by atoms with E-state index in [1.165, 1.54) is 45.9 Å². The van der Waals surface area contributed by atoms with Crippen LogP contribution >= 0.6 is 0 Å². The van der Waals surface area contributed by atoms with Crippen LogP contribution in [-0.4, -0.2) is 90.0 Å². The number of ketones is 3. The lowest BCUT2D eigenvalue weighted by atomic mass is 9.76. The van der Waals surface area contributed by atoms with Crippen molar-refractivity contribution in [3.63, 3.8) is 0 Å². The number of aliphatic hydroxyl groups is 5. The number of allylic oxidation sites excluding steroid dienone is 5. The van der Waals surface area contributed by atoms with Crippen molar-refractivity contribution in [3.05, 3.63) is 69.5 Å². The van der Waals surface area contributed by atoms with Gasteiger partial charge in [-0.15, -0.1) is 0 Å². The van der Waals surface area contributed by atoms with Gasteiger partial charge in [-0.05, 0) is 26.3 Å². The topological polar surface area (TPSA) is 222 Å². The summed E-state index contributed by atoms with van der Waals surface area (Å²) in [4.78, 5) is 53.6. The third-order valence-electron chi connectivity index (χ3n) is 9.51. The van der Waals surface area contributed by atoms with Crippen LogP contribution in [0.3, 0.4) is 0 Å². The number of fused-ring (bicyclic) bond motifs is 15. The van der Waals surface area contributed by atoms with Crippen LogP contribution in [0.25, 0.3) is 0 Å². The van der Waals surface area contributed by atoms with E-state index in [0.717, 1.165) is 6.08 Å². The number of nitrogens with one attached hydrogen (secondary N) is 1. The summed E-state index contributed by atoms with van der Waals surface area (Å²) in [6.07, 6.45) is 1.49. The van der Waals surface area contributed by atoms with Crippen LogP contribution in [-0.2, 0) is 4.79 Å². The first-order valence-corrected chi connectivity index (χ1v) is 15.5. The van der Waals surface area contributed by atoms with Crippen LogP contribution in [0, 0.1) is 36.5 Å². The molecule has 12 heteroatoms. The normalized spacial score (nSPS) is 34.6. The highest BCUT2D eigenvalue weighted by atomic mass is 16.3. The van der Waals surface area contributed by atoms with Crippen LogP contribution in [0.4, 0.5) is 0 Å². The second kappa shape index (κ2) is 14.9. The van der Waals surface area contributed by atoms with E-state index in [1.807, 2.05) is 0 Å². The Hall–Kier alpha value is -3.94. The largest absolute Gasteiger partial charge is 0.507 e. The second-order valence-corrected chi connectivity index (χ2v) is 12.8. The number of phenolic OH excluding ortho intramolecular Hbond substituents is 2. The summed E-state index contributed by atoms with van der Waals surface area (Å²) in [5, 5.41) is 78.6. The van der Waals surface area contributed by atoms with Crippen LogP contribution in [0.2, 0.25) is 0 Å². The summed E-state index contributed by atoms with van der Waals surface area (Å²) in [5.41, 5.74) is -2.50. The zero-order valence-corrected chi connectivity index (χ0v) is 27.6. The van der Waals surface area contributed by atoms with Crippen molar-refractivity contribution in [1.82, 2.24) is 5.32 Å². The summed E-state index contributed by atoms with van der Waals surface area (Å²) in [7, 11) is 0. The zero-order valence-electron chi connectivity index (χ0n) is 27.6. The van der Waals surface area contributed by atoms with Crippen molar-refractivity contribution in [2.45, 2.75) is 72.9 Å². The maximum absolute atomic E-state index is 13.8. The lowest BCUT2D eigenvalue weighted by Gasteiger charge is -2.37. The van der Waals surface area contributed by atoms with Gasteiger partial charge in [0.05, 0.1) is 53.4 Å². The number of carbonyl (C=O) groups excluding carboxylic acids is 4. The van der Waals surface area contributed by atoms with Crippen LogP contribution in [0.15, 0.2) is 47.2 Å². The Kier molecular flexibility index (Phi) is 11.9. The van der Waals surface area contributed by atoms with Crippen molar-refractivity contribution in [1.29, 1.82) is 0 Å². The third-order valence-corrected chi connectivity index (χ3v) is 9.51. The van der Waals surface area contributed by atoms with E-state index in [9.17, 15) is 54.9 Å². The molecular formula is C35H45NO11. The first kappa shape index (κ1) is 37.5. The molecular weight excluding hydrogens is 610 g/mol. The molecule has 0 radical (unpaired) electrons. The fraction of sp³-hybridized carbons (Fsp3) is 0.486. The van der Waals surface area contributed by atoms with Crippen molar-refractivity contribution in [2.75, 3.05) is 6.61 Å². The molecule has 0 saturated carbocycles. The van der Waals surface area contributed by atoms with Crippen molar-refractivity contribution in [2.24, 2.45) is 29.6 Å². The van der Waals surface area contributed by atoms with Gasteiger partial charge < -0.3 is 41.1 Å². The minimum atomic E-state index is -1.44. The summed E-state index contributed by atoms with van der Waals surface area (Å²) in [6.45, 7) is 9.69. The molecule has 4 rings (SSSR count). The number of amides is 1. The van der Waals surface area contributed by atoms with E-state index in [0.29, 0.717) is 0 Å². The monoisotopic (exact) mass is 655 g/mol. The molecule has 3 aliphatic rings. The highest BCUT2D eigenvalue weighted by Gasteiger charge is 2.40. The van der Waals surface area contributed by atoms with Crippen LogP contribution in [0.5, 0.6) is 11.5 Å². The molecule has 4 bridgehead atoms. The van der Waals surface area contributed by atoms with E-state index < -0.39 is 118 Å². The van der Waals surface area contributed by atoms with Gasteiger partial charge in [0.2, 0.25) is 5.78 Å². The fourth-order valence-corrected chi connectivity index (χ4v) is 6.11. The van der Waals surface area contributed by atoms with Crippen molar-refractivity contribution in [3.8, 4) is 11.5 Å². The maximum Gasteiger partial charge on any atom is 0.251 e. The highest BCUT2D eigenvalue weighted by molar-refractivity contribution is 6.31. The molecule has 0 aromatic heterocycles. The zero-order chi connectivity index (χ0) is 35.7. The summed E-state index contributed by atoms with van der Waals surface area (Å²) in [5.74, 6) is -9.29.